The summed E-state index contributed by atoms with van der Waals surface area (Å²) in [6.45, 7) is 10.9. The van der Waals surface area contributed by atoms with Gasteiger partial charge in [-0.2, -0.15) is 0 Å². The van der Waals surface area contributed by atoms with Crippen LogP contribution >= 0.6 is 0 Å². The summed E-state index contributed by atoms with van der Waals surface area (Å²) >= 11 is 0. The molecule has 0 aromatic carbocycles. The van der Waals surface area contributed by atoms with Gasteiger partial charge in [0.1, 0.15) is 5.69 Å². The first-order valence-corrected chi connectivity index (χ1v) is 7.27. The van der Waals surface area contributed by atoms with Crippen molar-refractivity contribution in [3.05, 3.63) is 24.0 Å². The third-order valence-corrected chi connectivity index (χ3v) is 3.34. The number of aromatic nitrogens is 1. The first-order valence-electron chi connectivity index (χ1n) is 7.27. The molecule has 5 nitrogen and oxygen atoms in total. The fourth-order valence-electron chi connectivity index (χ4n) is 2.21. The summed E-state index contributed by atoms with van der Waals surface area (Å²) in [6, 6.07) is 4.11. The molecule has 1 heterocycles. The van der Waals surface area contributed by atoms with E-state index < -0.39 is 0 Å². The molecule has 20 heavy (non-hydrogen) atoms. The number of anilines is 1. The summed E-state index contributed by atoms with van der Waals surface area (Å²) in [5.41, 5.74) is 7.15. The number of rotatable bonds is 7. The van der Waals surface area contributed by atoms with Crippen molar-refractivity contribution in [1.82, 2.24) is 9.88 Å². The molecule has 0 aliphatic carbocycles. The van der Waals surface area contributed by atoms with E-state index in [1.807, 2.05) is 26.0 Å². The number of nitrogens with zero attached hydrogens (tertiary/aromatic N) is 3. The number of carbonyl (C=O) groups is 1. The Balaban J connectivity index is 3.02. The number of pyridine rings is 1. The minimum Gasteiger partial charge on any atom is -0.368 e. The monoisotopic (exact) mass is 278 g/mol. The van der Waals surface area contributed by atoms with Crippen molar-refractivity contribution >= 4 is 11.6 Å². The van der Waals surface area contributed by atoms with Gasteiger partial charge < -0.3 is 15.5 Å². The van der Waals surface area contributed by atoms with Crippen LogP contribution < -0.4 is 10.6 Å². The normalized spacial score (nSPS) is 10.7. The van der Waals surface area contributed by atoms with Crippen molar-refractivity contribution < 1.29 is 4.79 Å². The van der Waals surface area contributed by atoms with Gasteiger partial charge in [0.2, 0.25) is 0 Å². The predicted octanol–water partition coefficient (Wildman–Crippen LogP) is 1.74. The van der Waals surface area contributed by atoms with Crippen LogP contribution in [0.3, 0.4) is 0 Å². The maximum Gasteiger partial charge on any atom is 0.272 e. The standard InChI is InChI=1S/C15H26N4O/c1-5-18(6-2)15(20)14-11-13(7-9-17-14)19(10-8-16)12(3)4/h7,9,11-12H,5-6,8,10,16H2,1-4H3. The molecule has 1 aromatic heterocycles. The molecular formula is C15H26N4O. The Kier molecular flexibility index (Phi) is 6.45. The number of carbonyl (C=O) groups excluding carboxylic acids is 1. The third-order valence-electron chi connectivity index (χ3n) is 3.34. The van der Waals surface area contributed by atoms with Crippen molar-refractivity contribution in [2.75, 3.05) is 31.1 Å². The lowest BCUT2D eigenvalue weighted by Gasteiger charge is -2.29. The first kappa shape index (κ1) is 16.4. The zero-order valence-corrected chi connectivity index (χ0v) is 13.0. The zero-order valence-electron chi connectivity index (χ0n) is 13.0. The van der Waals surface area contributed by atoms with Crippen LogP contribution in [0.4, 0.5) is 5.69 Å². The highest BCUT2D eigenvalue weighted by Crippen LogP contribution is 2.17. The van der Waals surface area contributed by atoms with Crippen molar-refractivity contribution in [3.8, 4) is 0 Å². The molecule has 5 heteroatoms. The second kappa shape index (κ2) is 7.85. The second-order valence-electron chi connectivity index (χ2n) is 4.95. The van der Waals surface area contributed by atoms with Crippen LogP contribution in [0.5, 0.6) is 0 Å². The average Bonchev–Trinajstić information content (AvgIpc) is 2.45. The maximum absolute atomic E-state index is 12.3. The van der Waals surface area contributed by atoms with Gasteiger partial charge in [-0.3, -0.25) is 9.78 Å². The molecule has 2 N–H and O–H groups in total. The van der Waals surface area contributed by atoms with Crippen molar-refractivity contribution in [1.29, 1.82) is 0 Å². The van der Waals surface area contributed by atoms with Crippen LogP contribution in [0, 0.1) is 0 Å². The van der Waals surface area contributed by atoms with Crippen molar-refractivity contribution in [3.63, 3.8) is 0 Å². The van der Waals surface area contributed by atoms with Crippen LogP contribution in [0.25, 0.3) is 0 Å². The molecule has 0 saturated heterocycles. The minimum absolute atomic E-state index is 0.0201. The molecule has 0 unspecified atom stereocenters. The van der Waals surface area contributed by atoms with Crippen LogP contribution in [-0.4, -0.2) is 48.0 Å². The second-order valence-corrected chi connectivity index (χ2v) is 4.95. The molecule has 1 aromatic rings. The van der Waals surface area contributed by atoms with Gasteiger partial charge in [-0.15, -0.1) is 0 Å². The molecule has 0 bridgehead atoms. The van der Waals surface area contributed by atoms with E-state index in [2.05, 4.69) is 23.7 Å². The number of hydrogen-bond donors (Lipinski definition) is 1. The molecule has 1 rings (SSSR count). The van der Waals surface area contributed by atoms with Crippen LogP contribution in [0.2, 0.25) is 0 Å². The van der Waals surface area contributed by atoms with E-state index in [0.29, 0.717) is 31.4 Å². The minimum atomic E-state index is -0.0201. The van der Waals surface area contributed by atoms with Gasteiger partial charge in [0.25, 0.3) is 5.91 Å². The summed E-state index contributed by atoms with van der Waals surface area (Å²) in [7, 11) is 0. The van der Waals surface area contributed by atoms with Gasteiger partial charge in [-0.25, -0.2) is 0 Å². The Morgan fingerprint density at radius 1 is 1.35 bits per heavy atom. The van der Waals surface area contributed by atoms with Gasteiger partial charge >= 0.3 is 0 Å². The first-order chi connectivity index (χ1) is 9.54. The zero-order chi connectivity index (χ0) is 15.1. The average molecular weight is 278 g/mol. The highest BCUT2D eigenvalue weighted by Gasteiger charge is 2.16. The van der Waals surface area contributed by atoms with E-state index in [1.54, 1.807) is 11.1 Å². The van der Waals surface area contributed by atoms with Gasteiger partial charge in [-0.05, 0) is 39.8 Å². The molecule has 0 radical (unpaired) electrons. The van der Waals surface area contributed by atoms with E-state index >= 15 is 0 Å². The fraction of sp³-hybridized carbons (Fsp3) is 0.600. The molecule has 112 valence electrons. The van der Waals surface area contributed by atoms with Crippen LogP contribution in [-0.2, 0) is 0 Å². The predicted molar refractivity (Wildman–Crippen MR) is 83.0 cm³/mol. The topological polar surface area (TPSA) is 62.5 Å². The van der Waals surface area contributed by atoms with Gasteiger partial charge in [0.15, 0.2) is 0 Å². The molecule has 0 aliphatic heterocycles. The number of nitrogens with two attached hydrogens (primary N) is 1. The maximum atomic E-state index is 12.3. The Morgan fingerprint density at radius 3 is 2.50 bits per heavy atom. The van der Waals surface area contributed by atoms with E-state index in [9.17, 15) is 4.79 Å². The Morgan fingerprint density at radius 2 is 2.00 bits per heavy atom. The number of hydrogen-bond acceptors (Lipinski definition) is 4. The van der Waals surface area contributed by atoms with E-state index in [-0.39, 0.29) is 5.91 Å². The fourth-order valence-corrected chi connectivity index (χ4v) is 2.21. The summed E-state index contributed by atoms with van der Waals surface area (Å²) in [4.78, 5) is 20.5. The lowest BCUT2D eigenvalue weighted by atomic mass is 10.2. The highest BCUT2D eigenvalue weighted by molar-refractivity contribution is 5.93. The molecule has 0 aliphatic rings. The molecule has 0 saturated carbocycles. The molecule has 1 amide bonds. The summed E-state index contributed by atoms with van der Waals surface area (Å²) in [5, 5.41) is 0. The van der Waals surface area contributed by atoms with Crippen molar-refractivity contribution in [2.24, 2.45) is 5.73 Å². The van der Waals surface area contributed by atoms with Crippen LogP contribution in [0.15, 0.2) is 18.3 Å². The Labute approximate surface area is 121 Å². The van der Waals surface area contributed by atoms with Gasteiger partial charge in [-0.1, -0.05) is 0 Å². The molecular weight excluding hydrogens is 252 g/mol. The SMILES string of the molecule is CCN(CC)C(=O)c1cc(N(CCN)C(C)C)ccn1. The van der Waals surface area contributed by atoms with E-state index in [4.69, 9.17) is 5.73 Å². The Hall–Kier alpha value is -1.62. The Bertz CT molecular complexity index is 430. The largest absolute Gasteiger partial charge is 0.368 e. The van der Waals surface area contributed by atoms with E-state index in [0.717, 1.165) is 12.2 Å². The van der Waals surface area contributed by atoms with Crippen LogP contribution in [0.1, 0.15) is 38.2 Å². The summed E-state index contributed by atoms with van der Waals surface area (Å²) in [5.74, 6) is -0.0201. The lowest BCUT2D eigenvalue weighted by Crippen LogP contribution is -2.36. The smallest absolute Gasteiger partial charge is 0.272 e. The number of amides is 1. The summed E-state index contributed by atoms with van der Waals surface area (Å²) in [6.07, 6.45) is 1.69. The quantitative estimate of drug-likeness (QED) is 0.825. The molecule has 0 fully saturated rings. The molecule has 0 atom stereocenters. The van der Waals surface area contributed by atoms with Gasteiger partial charge in [0, 0.05) is 44.1 Å². The van der Waals surface area contributed by atoms with Crippen molar-refractivity contribution in [2.45, 2.75) is 33.7 Å². The lowest BCUT2D eigenvalue weighted by molar-refractivity contribution is 0.0767. The highest BCUT2D eigenvalue weighted by atomic mass is 16.2. The van der Waals surface area contributed by atoms with Gasteiger partial charge in [0.05, 0.1) is 0 Å². The third kappa shape index (κ3) is 3.93. The molecule has 0 spiro atoms. The summed E-state index contributed by atoms with van der Waals surface area (Å²) < 4.78 is 0. The van der Waals surface area contributed by atoms with E-state index in [1.165, 1.54) is 0 Å².